The van der Waals surface area contributed by atoms with Crippen LogP contribution in [0.4, 0.5) is 0 Å². The van der Waals surface area contributed by atoms with Crippen LogP contribution in [0.25, 0.3) is 111 Å². The lowest BCUT2D eigenvalue weighted by atomic mass is 9.70. The molecule has 1 spiro atoms. The molecule has 0 amide bonds. The van der Waals surface area contributed by atoms with Crippen LogP contribution >= 0.6 is 0 Å². The number of para-hydroxylation sites is 1. The summed E-state index contributed by atoms with van der Waals surface area (Å²) in [5.74, 6) is 1.39. The minimum atomic E-state index is -0.426. The Balaban J connectivity index is 0.997. The van der Waals surface area contributed by atoms with E-state index in [0.717, 1.165) is 61.5 Å². The molecule has 0 N–H and O–H groups in total. The zero-order chi connectivity index (χ0) is 45.2. The predicted molar refractivity (Wildman–Crippen MR) is 281 cm³/mol. The van der Waals surface area contributed by atoms with E-state index in [9.17, 15) is 0 Å². The molecule has 69 heavy (non-hydrogen) atoms. The Labute approximate surface area is 397 Å². The van der Waals surface area contributed by atoms with Gasteiger partial charge in [0.25, 0.3) is 0 Å². The highest BCUT2D eigenvalue weighted by Crippen LogP contribution is 2.63. The van der Waals surface area contributed by atoms with Gasteiger partial charge in [-0.3, -0.25) is 9.13 Å². The summed E-state index contributed by atoms with van der Waals surface area (Å²) in [5.41, 5.74) is 19.7. The van der Waals surface area contributed by atoms with Crippen molar-refractivity contribution < 1.29 is 0 Å². The van der Waals surface area contributed by atoms with Gasteiger partial charge in [0.1, 0.15) is 17.0 Å². The van der Waals surface area contributed by atoms with E-state index in [1.807, 2.05) is 18.2 Å². The molecular weight excluding hydrogens is 839 g/mol. The van der Waals surface area contributed by atoms with Crippen molar-refractivity contribution >= 4 is 43.7 Å². The summed E-state index contributed by atoms with van der Waals surface area (Å²) in [6.07, 6.45) is 0. The average molecular weight is 878 g/mol. The second kappa shape index (κ2) is 14.4. The number of aromatic nitrogens is 5. The van der Waals surface area contributed by atoms with Crippen LogP contribution in [0.15, 0.2) is 237 Å². The summed E-state index contributed by atoms with van der Waals surface area (Å²) in [4.78, 5) is 16.5. The third-order valence-corrected chi connectivity index (χ3v) is 14.8. The van der Waals surface area contributed by atoms with E-state index in [2.05, 4.69) is 228 Å². The zero-order valence-electron chi connectivity index (χ0n) is 37.3. The Bertz CT molecular complexity index is 4180. The minimum absolute atomic E-state index is 0.426. The van der Waals surface area contributed by atoms with Gasteiger partial charge in [0.15, 0.2) is 5.65 Å². The van der Waals surface area contributed by atoms with Gasteiger partial charge in [-0.15, -0.1) is 0 Å². The number of rotatable bonds is 5. The van der Waals surface area contributed by atoms with E-state index < -0.39 is 5.41 Å². The van der Waals surface area contributed by atoms with Gasteiger partial charge < -0.3 is 0 Å². The summed E-state index contributed by atoms with van der Waals surface area (Å²) in [6, 6.07) is 85.5. The molecule has 0 fully saturated rings. The van der Waals surface area contributed by atoms with Crippen LogP contribution in [0.3, 0.4) is 0 Å². The Kier molecular flexibility index (Phi) is 7.93. The van der Waals surface area contributed by atoms with Crippen LogP contribution in [0.1, 0.15) is 22.3 Å². The standard InChI is InChI=1S/C64H39N5/c1-4-19-41(20-5-1)59-60-62(68(45-23-8-3-9-24-45)61(65-60)42-21-6-2-7-22-42)67-63(66-59)69-56-36-34-43(38-51(56)58-46-25-11-10-18-40(46)33-37-57(58)69)44-32-35-50-49-28-14-17-31-54(49)64(55(50)39-44)52-29-15-12-26-47(52)48-27-13-16-30-53(48)64/h1-39H. The second-order valence-corrected chi connectivity index (χ2v) is 18.3. The van der Waals surface area contributed by atoms with E-state index in [0.29, 0.717) is 5.95 Å². The van der Waals surface area contributed by atoms with Gasteiger partial charge in [-0.2, -0.15) is 4.98 Å². The molecule has 0 saturated carbocycles. The van der Waals surface area contributed by atoms with Crippen molar-refractivity contribution in [3.05, 3.63) is 259 Å². The van der Waals surface area contributed by atoms with E-state index in [1.165, 1.54) is 66.2 Å². The van der Waals surface area contributed by atoms with Crippen molar-refractivity contribution in [1.29, 1.82) is 0 Å². The quantitative estimate of drug-likeness (QED) is 0.173. The van der Waals surface area contributed by atoms with Gasteiger partial charge in [-0.1, -0.05) is 200 Å². The van der Waals surface area contributed by atoms with Gasteiger partial charge in [-0.05, 0) is 103 Å². The first-order chi connectivity index (χ1) is 34.2. The lowest BCUT2D eigenvalue weighted by Gasteiger charge is -2.30. The largest absolute Gasteiger partial charge is 0.278 e. The van der Waals surface area contributed by atoms with Gasteiger partial charge in [0.05, 0.1) is 16.4 Å². The summed E-state index contributed by atoms with van der Waals surface area (Å²) < 4.78 is 4.45. The topological polar surface area (TPSA) is 48.5 Å². The molecule has 0 atom stereocenters. The van der Waals surface area contributed by atoms with Crippen LogP contribution in [-0.2, 0) is 5.41 Å². The average Bonchev–Trinajstić information content (AvgIpc) is 4.15. The molecule has 0 saturated heterocycles. The minimum Gasteiger partial charge on any atom is -0.278 e. The maximum atomic E-state index is 5.58. The van der Waals surface area contributed by atoms with Crippen molar-refractivity contribution in [2.45, 2.75) is 5.41 Å². The van der Waals surface area contributed by atoms with Crippen molar-refractivity contribution in [2.24, 2.45) is 0 Å². The third kappa shape index (κ3) is 5.27. The van der Waals surface area contributed by atoms with Gasteiger partial charge in [-0.25, -0.2) is 9.97 Å². The van der Waals surface area contributed by atoms with Crippen molar-refractivity contribution in [1.82, 2.24) is 24.1 Å². The first kappa shape index (κ1) is 38.0. The highest BCUT2D eigenvalue weighted by molar-refractivity contribution is 6.22. The Morgan fingerprint density at radius 3 is 1.59 bits per heavy atom. The lowest BCUT2D eigenvalue weighted by Crippen LogP contribution is -2.25. The monoisotopic (exact) mass is 877 g/mol. The van der Waals surface area contributed by atoms with Crippen LogP contribution in [0.2, 0.25) is 0 Å². The van der Waals surface area contributed by atoms with E-state index >= 15 is 0 Å². The van der Waals surface area contributed by atoms with Crippen molar-refractivity contribution in [2.75, 3.05) is 0 Å². The van der Waals surface area contributed by atoms with Crippen molar-refractivity contribution in [3.8, 4) is 67.7 Å². The number of benzene rings is 10. The van der Waals surface area contributed by atoms with E-state index in [1.54, 1.807) is 0 Å². The molecule has 0 radical (unpaired) electrons. The molecule has 10 aromatic carbocycles. The SMILES string of the molecule is c1ccc(-c2nc(-n3c4ccc(-c5ccc6c(c5)C5(c7ccccc7-c7ccccc75)c5ccccc5-6)cc4c4c5ccccc5ccc43)nc3c2nc(-c2ccccc2)n3-c2ccccc2)cc1. The number of hydrogen-bond donors (Lipinski definition) is 0. The molecule has 15 rings (SSSR count). The lowest BCUT2D eigenvalue weighted by molar-refractivity contribution is 0.794. The fourth-order valence-electron chi connectivity index (χ4n) is 11.9. The van der Waals surface area contributed by atoms with Crippen LogP contribution in [-0.4, -0.2) is 24.1 Å². The smallest absolute Gasteiger partial charge is 0.237 e. The van der Waals surface area contributed by atoms with Crippen molar-refractivity contribution in [3.63, 3.8) is 0 Å². The number of nitrogens with zero attached hydrogens (tertiary/aromatic N) is 5. The van der Waals surface area contributed by atoms with Crippen LogP contribution in [0, 0.1) is 0 Å². The van der Waals surface area contributed by atoms with Gasteiger partial charge >= 0.3 is 0 Å². The molecule has 0 unspecified atom stereocenters. The fourth-order valence-corrected chi connectivity index (χ4v) is 11.9. The zero-order valence-corrected chi connectivity index (χ0v) is 37.3. The van der Waals surface area contributed by atoms with E-state index in [-0.39, 0.29) is 0 Å². The third-order valence-electron chi connectivity index (χ3n) is 14.8. The maximum absolute atomic E-state index is 5.58. The molecule has 0 bridgehead atoms. The first-order valence-electron chi connectivity index (χ1n) is 23.6. The molecule has 0 aliphatic heterocycles. The summed E-state index contributed by atoms with van der Waals surface area (Å²) >= 11 is 0. The molecule has 5 nitrogen and oxygen atoms in total. The summed E-state index contributed by atoms with van der Waals surface area (Å²) in [6.45, 7) is 0. The molecule has 2 aliphatic rings. The Hall–Kier alpha value is -9.19. The molecule has 3 heterocycles. The van der Waals surface area contributed by atoms with Gasteiger partial charge in [0.2, 0.25) is 5.95 Å². The Morgan fingerprint density at radius 2 is 0.899 bits per heavy atom. The predicted octanol–water partition coefficient (Wildman–Crippen LogP) is 15.4. The highest BCUT2D eigenvalue weighted by Gasteiger charge is 2.51. The highest BCUT2D eigenvalue weighted by atomic mass is 15.2. The molecule has 5 heteroatoms. The summed E-state index contributed by atoms with van der Waals surface area (Å²) in [7, 11) is 0. The molecule has 2 aliphatic carbocycles. The second-order valence-electron chi connectivity index (χ2n) is 18.3. The molecule has 320 valence electrons. The van der Waals surface area contributed by atoms with E-state index in [4.69, 9.17) is 15.0 Å². The maximum Gasteiger partial charge on any atom is 0.237 e. The normalized spacial score (nSPS) is 13.0. The molecule has 13 aromatic rings. The first-order valence-corrected chi connectivity index (χ1v) is 23.6. The summed E-state index contributed by atoms with van der Waals surface area (Å²) in [5, 5.41) is 4.67. The number of fused-ring (bicyclic) bond motifs is 16. The molecular formula is C64H39N5. The van der Waals surface area contributed by atoms with Crippen LogP contribution < -0.4 is 0 Å². The Morgan fingerprint density at radius 1 is 0.348 bits per heavy atom. The van der Waals surface area contributed by atoms with Gasteiger partial charge in [0, 0.05) is 27.6 Å². The van der Waals surface area contributed by atoms with Crippen LogP contribution in [0.5, 0.6) is 0 Å². The fraction of sp³-hybridized carbons (Fsp3) is 0.0156. The number of hydrogen-bond acceptors (Lipinski definition) is 3. The number of imidazole rings is 1. The molecule has 3 aromatic heterocycles.